The van der Waals surface area contributed by atoms with E-state index in [-0.39, 0.29) is 17.2 Å². The molecule has 5 aromatic rings. The highest BCUT2D eigenvalue weighted by molar-refractivity contribution is 8.78. The molecule has 526 valence electrons. The van der Waals surface area contributed by atoms with Crippen LogP contribution in [-0.2, 0) is 312 Å². The summed E-state index contributed by atoms with van der Waals surface area (Å²) in [5.74, 6) is -1.71. The predicted molar refractivity (Wildman–Crippen MR) is 482 cm³/mol. The van der Waals surface area contributed by atoms with Crippen LogP contribution in [0.3, 0.4) is 0 Å². The molecule has 15 nitrogen and oxygen atoms in total. The summed E-state index contributed by atoms with van der Waals surface area (Å²) < 4.78 is 32.0. The average molecular weight is 1910 g/mol. The topological polar surface area (TPSA) is 199 Å². The third-order valence-electron chi connectivity index (χ3n) is 9.39. The molecule has 0 unspecified atom stereocenters. The Kier molecular flexibility index (Phi) is 55.9. The number of carboxylic acids is 1. The van der Waals surface area contributed by atoms with Crippen LogP contribution in [0, 0.1) is 11.6 Å². The molecular weight excluding hydrogens is 1860 g/mol. The number of amides is 3. The van der Waals surface area contributed by atoms with Crippen LogP contribution >= 0.6 is 0 Å². The molecule has 0 aliphatic rings. The van der Waals surface area contributed by atoms with Gasteiger partial charge in [0.2, 0.25) is 5.91 Å². The van der Waals surface area contributed by atoms with E-state index >= 15 is 0 Å². The van der Waals surface area contributed by atoms with E-state index in [4.69, 9.17) is 54.6 Å². The highest BCUT2D eigenvalue weighted by Crippen LogP contribution is 2.26. The van der Waals surface area contributed by atoms with Gasteiger partial charge >= 0.3 is 12.1 Å². The van der Waals surface area contributed by atoms with E-state index in [1.165, 1.54) is 84.1 Å². The summed E-state index contributed by atoms with van der Waals surface area (Å²) in [5.41, 5.74) is 2.74. The summed E-state index contributed by atoms with van der Waals surface area (Å²) in [4.78, 5) is 59.1. The first-order valence-electron chi connectivity index (χ1n) is 25.1. The number of halogens is 2. The number of rotatable bonds is 16. The van der Waals surface area contributed by atoms with Crippen molar-refractivity contribution in [2.24, 2.45) is 0 Å². The Morgan fingerprint density at radius 3 is 1.20 bits per heavy atom. The first kappa shape index (κ1) is 91.0. The summed E-state index contributed by atoms with van der Waals surface area (Å²) in [6, 6.07) is 21.1. The van der Waals surface area contributed by atoms with Gasteiger partial charge in [-0.25, -0.2) is 28.3 Å². The van der Waals surface area contributed by atoms with Gasteiger partial charge in [-0.2, -0.15) is 0 Å². The SMILES string of the molecule is CCCNc1cc(Nc2cccc(F)c2)ncc1C(=O)Nc1cccc(NC(=O)[C@H](C)N(C)C(=O)OC(C)(C)C)c1.CCCNc1cc(Nc2cccc(F)c2)ncc1C(=O)O.S=S=S=S=S=S=S=S=S=S=S=S=S=S=S=S.S=S=S=S=S=S=S=S=S=S=S=S=S=S=S=S=S. The summed E-state index contributed by atoms with van der Waals surface area (Å²) in [6.07, 6.45) is 3.81. The molecular formula is C45H53F2N9O6S33. The number of benzene rings is 3. The zero-order valence-electron chi connectivity index (χ0n) is 49.2. The fourth-order valence-electron chi connectivity index (χ4n) is 5.71. The lowest BCUT2D eigenvalue weighted by atomic mass is 10.2. The Bertz CT molecular complexity index is 4790. The zero-order valence-corrected chi connectivity index (χ0v) is 76.1. The second-order valence-electron chi connectivity index (χ2n) is 16.9. The molecule has 0 saturated carbocycles. The van der Waals surface area contributed by atoms with Gasteiger partial charge < -0.3 is 41.7 Å². The van der Waals surface area contributed by atoms with Gasteiger partial charge in [0.05, 0.1) is 16.9 Å². The van der Waals surface area contributed by atoms with Crippen LogP contribution in [0.5, 0.6) is 0 Å². The normalized spacial score (nSPS) is 9.82. The van der Waals surface area contributed by atoms with E-state index in [9.17, 15) is 28.0 Å². The van der Waals surface area contributed by atoms with Crippen molar-refractivity contribution in [1.82, 2.24) is 14.9 Å². The molecule has 0 aliphatic carbocycles. The lowest BCUT2D eigenvalue weighted by Gasteiger charge is -2.28. The maximum atomic E-state index is 13.6. The van der Waals surface area contributed by atoms with Crippen molar-refractivity contribution in [1.29, 1.82) is 0 Å². The number of hydrogen-bond acceptors (Lipinski definition) is 15. The van der Waals surface area contributed by atoms with Gasteiger partial charge in [-0.3, -0.25) is 14.5 Å². The summed E-state index contributed by atoms with van der Waals surface area (Å²) in [6.45, 7) is 12.1. The number of nitrogens with zero attached hydrogens (tertiary/aromatic N) is 3. The van der Waals surface area contributed by atoms with Gasteiger partial charge in [0.15, 0.2) is 0 Å². The highest BCUT2D eigenvalue weighted by atomic mass is 33.5. The van der Waals surface area contributed by atoms with Crippen LogP contribution in [-0.4, -0.2) is 75.6 Å². The van der Waals surface area contributed by atoms with Crippen molar-refractivity contribution in [2.45, 2.75) is 66.0 Å². The van der Waals surface area contributed by atoms with Gasteiger partial charge in [0.1, 0.15) is 40.5 Å². The lowest BCUT2D eigenvalue weighted by Crippen LogP contribution is -2.45. The standard InChI is InChI=1S/C30H37FN6O4.C15H16FN3O2.S17.S16/c1-7-14-32-25-17-26(34-21-11-8-10-20(31)15-21)33-18-24(25)28(39)36-23-13-9-12-22(16-23)35-27(38)19(2)37(6)29(40)41-30(3,4)5;1-2-6-17-13-8-14(18-9-12(13)15(20)21)19-11-5-3-4-10(16)7-11;1-3-5-7-9-11-13-15-17-16-14-12-10-8-6-4-2;1-3-5-7-9-11-13-15-16-14-12-10-8-6-4-2/h8-13,15-19H,7,14H2,1-6H3,(H,35,38)(H,36,39)(H2,32,33,34);3-5,7-9H,2,6H2,1H3,(H,20,21)(H2,17,18,19);;/t19-;;;/m0.../s1. The smallest absolute Gasteiger partial charge is 0.410 e. The van der Waals surface area contributed by atoms with Crippen LogP contribution in [0.1, 0.15) is 75.1 Å². The molecule has 1 atom stereocenters. The van der Waals surface area contributed by atoms with E-state index in [1.807, 2.05) is 13.8 Å². The molecule has 0 spiro atoms. The van der Waals surface area contributed by atoms with Crippen LogP contribution < -0.4 is 31.9 Å². The number of carboxylic acid groups (broad SMARTS) is 1. The van der Waals surface area contributed by atoms with Crippen LogP contribution in [0.4, 0.5) is 59.3 Å². The average Bonchev–Trinajstić information content (AvgIpc) is 0.865. The third-order valence-corrected chi connectivity index (χ3v) is 69.4. The first-order valence-corrected chi connectivity index (χ1v) is 66.4. The number of pyridine rings is 2. The maximum Gasteiger partial charge on any atom is 0.410 e. The van der Waals surface area contributed by atoms with Crippen molar-refractivity contribution in [3.8, 4) is 0 Å². The number of carbonyl (C=O) groups is 4. The van der Waals surface area contributed by atoms with Gasteiger partial charge in [-0.05, 0) is 95.1 Å². The fraction of sp³-hybridized carbons (Fsp3) is 0.289. The molecule has 3 amide bonds. The van der Waals surface area contributed by atoms with E-state index in [2.05, 4.69) is 41.9 Å². The van der Waals surface area contributed by atoms with Gasteiger partial charge in [-0.15, -0.1) is 0 Å². The largest absolute Gasteiger partial charge is 0.478 e. The Hall–Kier alpha value is -0.0400. The molecule has 5 rings (SSSR count). The molecule has 0 bridgehead atoms. The monoisotopic (exact) mass is 1910 g/mol. The summed E-state index contributed by atoms with van der Waals surface area (Å²) in [5, 5.41) is 27.0. The zero-order chi connectivity index (χ0) is 69.9. The maximum absolute atomic E-state index is 13.6. The number of aromatic nitrogens is 2. The highest BCUT2D eigenvalue weighted by Gasteiger charge is 2.27. The van der Waals surface area contributed by atoms with Crippen LogP contribution in [0.25, 0.3) is 0 Å². The molecule has 7 N–H and O–H groups in total. The van der Waals surface area contributed by atoms with Crippen molar-refractivity contribution in [3.63, 3.8) is 0 Å². The molecule has 50 heteroatoms. The molecule has 0 aliphatic heterocycles. The Morgan fingerprint density at radius 2 is 0.853 bits per heavy atom. The van der Waals surface area contributed by atoms with Crippen molar-refractivity contribution in [2.75, 3.05) is 52.0 Å². The number of likely N-dealkylation sites (N-methyl/N-ethyl adjacent to an activating group) is 1. The number of carbonyl (C=O) groups excluding carboxylic acids is 3. The third kappa shape index (κ3) is 45.6. The van der Waals surface area contributed by atoms with E-state index in [0.717, 1.165) is 12.8 Å². The van der Waals surface area contributed by atoms with E-state index in [0.29, 0.717) is 64.4 Å². The van der Waals surface area contributed by atoms with Gasteiger partial charge in [0, 0.05) is 370 Å². The first-order chi connectivity index (χ1) is 45.8. The van der Waals surface area contributed by atoms with Crippen molar-refractivity contribution >= 4 is 372 Å². The molecule has 2 aromatic heterocycles. The van der Waals surface area contributed by atoms with Crippen molar-refractivity contribution < 1.29 is 37.8 Å². The van der Waals surface area contributed by atoms with Gasteiger partial charge in [0.25, 0.3) is 5.91 Å². The minimum absolute atomic E-state index is 0.105. The molecule has 0 saturated heterocycles. The second kappa shape index (κ2) is 58.4. The number of ether oxygens (including phenoxy) is 1. The van der Waals surface area contributed by atoms with Gasteiger partial charge in [-0.1, -0.05) is 32.0 Å². The quantitative estimate of drug-likeness (QED) is 0.0492. The number of aromatic carboxylic acids is 1. The number of anilines is 8. The van der Waals surface area contributed by atoms with E-state index in [1.54, 1.807) is 310 Å². The van der Waals surface area contributed by atoms with Crippen LogP contribution in [0.2, 0.25) is 0 Å². The number of hydrogen-bond donors (Lipinski definition) is 7. The fourth-order valence-corrected chi connectivity index (χ4v) is 74.3. The lowest BCUT2D eigenvalue weighted by molar-refractivity contribution is -0.120. The number of nitrogens with one attached hydrogen (secondary N) is 6. The predicted octanol–water partition coefficient (Wildman–Crippen LogP) is 9.64. The molecule has 3 aromatic carbocycles. The summed E-state index contributed by atoms with van der Waals surface area (Å²) in [7, 11) is 50.4. The minimum Gasteiger partial charge on any atom is -0.478 e. The minimum atomic E-state index is -1.04. The Balaban J connectivity index is 0.000000476. The summed E-state index contributed by atoms with van der Waals surface area (Å²) >= 11 is 18.9. The van der Waals surface area contributed by atoms with Crippen molar-refractivity contribution in [3.05, 3.63) is 120 Å². The second-order valence-corrected chi connectivity index (χ2v) is 68.2. The molecule has 2 heterocycles. The van der Waals surface area contributed by atoms with E-state index < -0.39 is 35.5 Å². The molecule has 0 radical (unpaired) electrons. The Morgan fingerprint density at radius 1 is 0.516 bits per heavy atom. The Labute approximate surface area is 652 Å². The molecule has 0 fully saturated rings. The molecule has 95 heavy (non-hydrogen) atoms. The van der Waals surface area contributed by atoms with Crippen LogP contribution in [0.15, 0.2) is 97.3 Å².